The normalized spacial score (nSPS) is 15.7. The summed E-state index contributed by atoms with van der Waals surface area (Å²) < 4.78 is 5.10. The first-order chi connectivity index (χ1) is 10.7. The fourth-order valence-electron chi connectivity index (χ4n) is 2.96. The van der Waals surface area contributed by atoms with Crippen molar-refractivity contribution >= 4 is 17.4 Å². The van der Waals surface area contributed by atoms with Gasteiger partial charge in [0.2, 0.25) is 0 Å². The summed E-state index contributed by atoms with van der Waals surface area (Å²) in [5.41, 5.74) is 0.682. The standard InChI is InChI=1S/C18H26ClNO2/c1-22-18-10-9-15(14-16(18)19)17(21)8-4-2-5-11-20-12-6-3-7-13-20/h9-10,14H,2-8,11-13H2,1H3. The number of ketones is 1. The van der Waals surface area contributed by atoms with Crippen molar-refractivity contribution in [3.63, 3.8) is 0 Å². The van der Waals surface area contributed by atoms with E-state index in [4.69, 9.17) is 16.3 Å². The van der Waals surface area contributed by atoms with Gasteiger partial charge >= 0.3 is 0 Å². The van der Waals surface area contributed by atoms with E-state index in [-0.39, 0.29) is 5.78 Å². The lowest BCUT2D eigenvalue weighted by atomic mass is 10.0. The van der Waals surface area contributed by atoms with Crippen LogP contribution in [0.15, 0.2) is 18.2 Å². The minimum Gasteiger partial charge on any atom is -0.495 e. The van der Waals surface area contributed by atoms with Crippen LogP contribution in [0.2, 0.25) is 5.02 Å². The number of methoxy groups -OCH3 is 1. The molecular formula is C18H26ClNO2. The molecule has 1 aliphatic rings. The summed E-state index contributed by atoms with van der Waals surface area (Å²) >= 11 is 6.06. The fourth-order valence-corrected chi connectivity index (χ4v) is 3.22. The highest BCUT2D eigenvalue weighted by Crippen LogP contribution is 2.25. The lowest BCUT2D eigenvalue weighted by molar-refractivity contribution is 0.0978. The fraction of sp³-hybridized carbons (Fsp3) is 0.611. The first kappa shape index (κ1) is 17.3. The van der Waals surface area contributed by atoms with Gasteiger partial charge in [-0.2, -0.15) is 0 Å². The minimum absolute atomic E-state index is 0.169. The lowest BCUT2D eigenvalue weighted by Gasteiger charge is -2.26. The molecule has 1 aromatic rings. The number of hydrogen-bond acceptors (Lipinski definition) is 3. The van der Waals surface area contributed by atoms with Crippen molar-refractivity contribution in [2.45, 2.75) is 44.9 Å². The Kier molecular flexibility index (Phi) is 7.20. The first-order valence-electron chi connectivity index (χ1n) is 8.30. The van der Waals surface area contributed by atoms with Crippen molar-refractivity contribution in [2.75, 3.05) is 26.7 Å². The second kappa shape index (κ2) is 9.16. The van der Waals surface area contributed by atoms with Crippen LogP contribution in [0.1, 0.15) is 55.3 Å². The topological polar surface area (TPSA) is 29.5 Å². The van der Waals surface area contributed by atoms with Crippen molar-refractivity contribution in [2.24, 2.45) is 0 Å². The number of likely N-dealkylation sites (tertiary alicyclic amines) is 1. The van der Waals surface area contributed by atoms with Gasteiger partial charge in [0.15, 0.2) is 5.78 Å². The number of ether oxygens (including phenoxy) is 1. The Labute approximate surface area is 138 Å². The Balaban J connectivity index is 1.66. The van der Waals surface area contributed by atoms with Crippen LogP contribution in [0.25, 0.3) is 0 Å². The molecule has 0 amide bonds. The predicted molar refractivity (Wildman–Crippen MR) is 91.1 cm³/mol. The average molecular weight is 324 g/mol. The maximum absolute atomic E-state index is 12.2. The van der Waals surface area contributed by atoms with E-state index < -0.39 is 0 Å². The summed E-state index contributed by atoms with van der Waals surface area (Å²) in [6.45, 7) is 3.69. The van der Waals surface area contributed by atoms with Gasteiger partial charge < -0.3 is 9.64 Å². The highest BCUT2D eigenvalue weighted by Gasteiger charge is 2.11. The van der Waals surface area contributed by atoms with Crippen molar-refractivity contribution in [1.29, 1.82) is 0 Å². The Bertz CT molecular complexity index is 484. The van der Waals surface area contributed by atoms with E-state index in [2.05, 4.69) is 4.90 Å². The number of carbonyl (C=O) groups excluding carboxylic acids is 1. The second-order valence-corrected chi connectivity index (χ2v) is 6.39. The molecule has 2 rings (SSSR count). The Hall–Kier alpha value is -1.06. The number of nitrogens with zero attached hydrogens (tertiary/aromatic N) is 1. The summed E-state index contributed by atoms with van der Waals surface area (Å²) in [4.78, 5) is 14.7. The van der Waals surface area contributed by atoms with Gasteiger partial charge in [-0.25, -0.2) is 0 Å². The van der Waals surface area contributed by atoms with E-state index in [0.29, 0.717) is 22.8 Å². The molecule has 122 valence electrons. The van der Waals surface area contributed by atoms with Crippen LogP contribution in [0, 0.1) is 0 Å². The zero-order chi connectivity index (χ0) is 15.8. The van der Waals surface area contributed by atoms with Crippen molar-refractivity contribution < 1.29 is 9.53 Å². The zero-order valence-corrected chi connectivity index (χ0v) is 14.2. The monoisotopic (exact) mass is 323 g/mol. The second-order valence-electron chi connectivity index (χ2n) is 5.99. The van der Waals surface area contributed by atoms with E-state index in [0.717, 1.165) is 12.8 Å². The van der Waals surface area contributed by atoms with Gasteiger partial charge in [0.05, 0.1) is 12.1 Å². The molecule has 1 heterocycles. The number of benzene rings is 1. The number of piperidine rings is 1. The van der Waals surface area contributed by atoms with E-state index in [1.165, 1.54) is 45.3 Å². The van der Waals surface area contributed by atoms with Gasteiger partial charge in [-0.05, 0) is 63.5 Å². The number of carbonyl (C=O) groups is 1. The largest absolute Gasteiger partial charge is 0.495 e. The van der Waals surface area contributed by atoms with Crippen LogP contribution >= 0.6 is 11.6 Å². The maximum Gasteiger partial charge on any atom is 0.162 e. The smallest absolute Gasteiger partial charge is 0.162 e. The average Bonchev–Trinajstić information content (AvgIpc) is 2.55. The van der Waals surface area contributed by atoms with Crippen molar-refractivity contribution in [3.05, 3.63) is 28.8 Å². The van der Waals surface area contributed by atoms with Gasteiger partial charge in [0.25, 0.3) is 0 Å². The zero-order valence-electron chi connectivity index (χ0n) is 13.4. The highest BCUT2D eigenvalue weighted by atomic mass is 35.5. The lowest BCUT2D eigenvalue weighted by Crippen LogP contribution is -2.30. The molecule has 1 saturated heterocycles. The summed E-state index contributed by atoms with van der Waals surface area (Å²) in [5, 5.41) is 0.499. The van der Waals surface area contributed by atoms with Gasteiger partial charge in [0.1, 0.15) is 5.75 Å². The molecule has 1 fully saturated rings. The summed E-state index contributed by atoms with van der Waals surface area (Å²) in [5.74, 6) is 0.780. The van der Waals surface area contributed by atoms with Crippen LogP contribution in [0.4, 0.5) is 0 Å². The molecule has 0 N–H and O–H groups in total. The van der Waals surface area contributed by atoms with E-state index in [1.54, 1.807) is 25.3 Å². The van der Waals surface area contributed by atoms with Crippen LogP contribution in [0.5, 0.6) is 5.75 Å². The van der Waals surface area contributed by atoms with Gasteiger partial charge in [-0.1, -0.05) is 24.4 Å². The van der Waals surface area contributed by atoms with E-state index >= 15 is 0 Å². The number of unbranched alkanes of at least 4 members (excludes halogenated alkanes) is 2. The molecule has 1 aromatic carbocycles. The third-order valence-electron chi connectivity index (χ3n) is 4.30. The molecule has 0 bridgehead atoms. The molecule has 0 aromatic heterocycles. The molecule has 0 aliphatic carbocycles. The summed E-state index contributed by atoms with van der Waals surface area (Å²) in [7, 11) is 1.57. The van der Waals surface area contributed by atoms with Gasteiger partial charge in [0, 0.05) is 12.0 Å². The maximum atomic E-state index is 12.2. The molecule has 0 spiro atoms. The predicted octanol–water partition coefficient (Wildman–Crippen LogP) is 4.58. The van der Waals surface area contributed by atoms with Gasteiger partial charge in [-0.3, -0.25) is 4.79 Å². The quantitative estimate of drug-likeness (QED) is 0.518. The molecule has 3 nitrogen and oxygen atoms in total. The van der Waals surface area contributed by atoms with Crippen LogP contribution < -0.4 is 4.74 Å². The van der Waals surface area contributed by atoms with Crippen LogP contribution in [-0.2, 0) is 0 Å². The molecule has 1 aliphatic heterocycles. The van der Waals surface area contributed by atoms with Crippen molar-refractivity contribution in [3.8, 4) is 5.75 Å². The minimum atomic E-state index is 0.169. The van der Waals surface area contributed by atoms with Gasteiger partial charge in [-0.15, -0.1) is 0 Å². The Morgan fingerprint density at radius 2 is 1.95 bits per heavy atom. The van der Waals surface area contributed by atoms with Crippen molar-refractivity contribution in [1.82, 2.24) is 4.90 Å². The molecular weight excluding hydrogens is 298 g/mol. The molecule has 0 atom stereocenters. The number of hydrogen-bond donors (Lipinski definition) is 0. The van der Waals surface area contributed by atoms with Crippen LogP contribution in [0.3, 0.4) is 0 Å². The third-order valence-corrected chi connectivity index (χ3v) is 4.60. The first-order valence-corrected chi connectivity index (χ1v) is 8.67. The molecule has 0 radical (unpaired) electrons. The molecule has 0 unspecified atom stereocenters. The van der Waals surface area contributed by atoms with Crippen LogP contribution in [-0.4, -0.2) is 37.4 Å². The molecule has 4 heteroatoms. The number of halogens is 1. The SMILES string of the molecule is COc1ccc(C(=O)CCCCCN2CCCCC2)cc1Cl. The summed E-state index contributed by atoms with van der Waals surface area (Å²) in [6.07, 6.45) is 7.94. The number of rotatable bonds is 8. The highest BCUT2D eigenvalue weighted by molar-refractivity contribution is 6.32. The molecule has 22 heavy (non-hydrogen) atoms. The Morgan fingerprint density at radius 3 is 2.64 bits per heavy atom. The number of Topliss-reactive ketones (excluding diaryl/α,β-unsaturated/α-hetero) is 1. The summed E-state index contributed by atoms with van der Waals surface area (Å²) in [6, 6.07) is 5.25. The van der Waals surface area contributed by atoms with E-state index in [1.807, 2.05) is 0 Å². The van der Waals surface area contributed by atoms with E-state index in [9.17, 15) is 4.79 Å². The molecule has 0 saturated carbocycles. The Morgan fingerprint density at radius 1 is 1.18 bits per heavy atom. The third kappa shape index (κ3) is 5.29.